The molecule has 0 spiro atoms. The number of rotatable bonds is 11. The van der Waals surface area contributed by atoms with Crippen LogP contribution in [-0.2, 0) is 5.66 Å². The third-order valence-corrected chi connectivity index (χ3v) is 4.01. The zero-order chi connectivity index (χ0) is 14.7. The fourth-order valence-electron chi connectivity index (χ4n) is 2.62. The third-order valence-electron chi connectivity index (χ3n) is 4.01. The molecule has 0 fully saturated rings. The van der Waals surface area contributed by atoms with Crippen LogP contribution in [0.3, 0.4) is 0 Å². The molecule has 1 rings (SSSR count). The summed E-state index contributed by atoms with van der Waals surface area (Å²) in [4.78, 5) is 0. The van der Waals surface area contributed by atoms with Crippen LogP contribution < -0.4 is 11.5 Å². The maximum atomic E-state index is 6.21. The fraction of sp³-hybridized carbons (Fsp3) is 0.667. The van der Waals surface area contributed by atoms with Crippen molar-refractivity contribution in [3.8, 4) is 0 Å². The van der Waals surface area contributed by atoms with Crippen LogP contribution >= 0.6 is 0 Å². The molecule has 0 aliphatic heterocycles. The van der Waals surface area contributed by atoms with Crippen LogP contribution in [0.4, 0.5) is 0 Å². The number of hydrogen-bond acceptors (Lipinski definition) is 2. The van der Waals surface area contributed by atoms with Crippen molar-refractivity contribution in [3.63, 3.8) is 0 Å². The van der Waals surface area contributed by atoms with Crippen LogP contribution in [-0.4, -0.2) is 0 Å². The molecular weight excluding hydrogens is 244 g/mol. The van der Waals surface area contributed by atoms with Gasteiger partial charge in [-0.1, -0.05) is 88.6 Å². The first-order valence-electron chi connectivity index (χ1n) is 8.30. The van der Waals surface area contributed by atoms with Crippen molar-refractivity contribution >= 4 is 0 Å². The van der Waals surface area contributed by atoms with Crippen molar-refractivity contribution in [1.82, 2.24) is 0 Å². The van der Waals surface area contributed by atoms with E-state index in [1.165, 1.54) is 51.4 Å². The lowest BCUT2D eigenvalue weighted by molar-refractivity contribution is 0.399. The standard InChI is InChI=1S/C18H32N2/c1-2-3-4-5-6-7-8-9-13-16-18(19,20)17-14-11-10-12-15-17/h10-12,14-15H,2-9,13,16,19-20H2,1H3. The minimum Gasteiger partial charge on any atom is -0.310 e. The Kier molecular flexibility index (Phi) is 8.56. The lowest BCUT2D eigenvalue weighted by Gasteiger charge is -2.25. The largest absolute Gasteiger partial charge is 0.310 e. The summed E-state index contributed by atoms with van der Waals surface area (Å²) in [7, 11) is 0. The Morgan fingerprint density at radius 1 is 0.750 bits per heavy atom. The Morgan fingerprint density at radius 2 is 1.25 bits per heavy atom. The van der Waals surface area contributed by atoms with Crippen LogP contribution in [0.1, 0.15) is 76.7 Å². The summed E-state index contributed by atoms with van der Waals surface area (Å²) in [5.41, 5.74) is 12.8. The smallest absolute Gasteiger partial charge is 0.0899 e. The van der Waals surface area contributed by atoms with Crippen LogP contribution in [0.25, 0.3) is 0 Å². The van der Waals surface area contributed by atoms with Crippen molar-refractivity contribution in [2.45, 2.75) is 76.8 Å². The Balaban J connectivity index is 2.06. The topological polar surface area (TPSA) is 52.0 Å². The summed E-state index contributed by atoms with van der Waals surface area (Å²) in [5, 5.41) is 0. The second-order valence-corrected chi connectivity index (χ2v) is 5.98. The molecule has 0 saturated heterocycles. The number of unbranched alkanes of at least 4 members (excludes halogenated alkanes) is 8. The molecule has 0 saturated carbocycles. The Labute approximate surface area is 124 Å². The predicted octanol–water partition coefficient (Wildman–Crippen LogP) is 4.68. The van der Waals surface area contributed by atoms with E-state index >= 15 is 0 Å². The maximum absolute atomic E-state index is 6.21. The lowest BCUT2D eigenvalue weighted by atomic mass is 9.94. The quantitative estimate of drug-likeness (QED) is 0.455. The third kappa shape index (κ3) is 7.06. The van der Waals surface area contributed by atoms with Crippen molar-refractivity contribution < 1.29 is 0 Å². The van der Waals surface area contributed by atoms with Crippen LogP contribution in [0.2, 0.25) is 0 Å². The first-order chi connectivity index (χ1) is 9.67. The van der Waals surface area contributed by atoms with Gasteiger partial charge in [0.05, 0.1) is 5.66 Å². The van der Waals surface area contributed by atoms with Gasteiger partial charge in [0.1, 0.15) is 0 Å². The molecule has 20 heavy (non-hydrogen) atoms. The zero-order valence-electron chi connectivity index (χ0n) is 13.1. The lowest BCUT2D eigenvalue weighted by Crippen LogP contribution is -2.45. The van der Waals surface area contributed by atoms with E-state index < -0.39 is 5.66 Å². The first kappa shape index (κ1) is 17.2. The zero-order valence-corrected chi connectivity index (χ0v) is 13.1. The molecule has 0 aliphatic rings. The molecular formula is C18H32N2. The highest BCUT2D eigenvalue weighted by molar-refractivity contribution is 5.22. The monoisotopic (exact) mass is 276 g/mol. The van der Waals surface area contributed by atoms with E-state index in [1.807, 2.05) is 30.3 Å². The number of hydrogen-bond donors (Lipinski definition) is 2. The molecule has 2 heteroatoms. The van der Waals surface area contributed by atoms with Gasteiger partial charge >= 0.3 is 0 Å². The normalized spacial score (nSPS) is 11.8. The average molecular weight is 276 g/mol. The molecule has 0 amide bonds. The van der Waals surface area contributed by atoms with E-state index in [-0.39, 0.29) is 0 Å². The van der Waals surface area contributed by atoms with Gasteiger partial charge in [0.25, 0.3) is 0 Å². The van der Waals surface area contributed by atoms with E-state index in [9.17, 15) is 0 Å². The molecule has 0 aliphatic carbocycles. The maximum Gasteiger partial charge on any atom is 0.0899 e. The number of benzene rings is 1. The highest BCUT2D eigenvalue weighted by atomic mass is 14.9. The second-order valence-electron chi connectivity index (χ2n) is 5.98. The molecule has 0 bridgehead atoms. The Bertz CT molecular complexity index is 333. The number of nitrogens with two attached hydrogens (primary N) is 2. The molecule has 0 unspecified atom stereocenters. The molecule has 4 N–H and O–H groups in total. The molecule has 0 heterocycles. The van der Waals surface area contributed by atoms with Crippen LogP contribution in [0.5, 0.6) is 0 Å². The predicted molar refractivity (Wildman–Crippen MR) is 88.3 cm³/mol. The fourth-order valence-corrected chi connectivity index (χ4v) is 2.62. The van der Waals surface area contributed by atoms with Crippen molar-refractivity contribution in [2.75, 3.05) is 0 Å². The van der Waals surface area contributed by atoms with Gasteiger partial charge in [-0.05, 0) is 18.4 Å². The minimum atomic E-state index is -0.664. The van der Waals surface area contributed by atoms with Crippen molar-refractivity contribution in [3.05, 3.63) is 35.9 Å². The average Bonchev–Trinajstić information content (AvgIpc) is 2.46. The molecule has 2 nitrogen and oxygen atoms in total. The van der Waals surface area contributed by atoms with Gasteiger partial charge in [0, 0.05) is 0 Å². The molecule has 0 atom stereocenters. The van der Waals surface area contributed by atoms with E-state index in [0.717, 1.165) is 18.4 Å². The van der Waals surface area contributed by atoms with E-state index in [0.29, 0.717) is 0 Å². The Hall–Kier alpha value is -0.860. The minimum absolute atomic E-state index is 0.664. The summed E-state index contributed by atoms with van der Waals surface area (Å²) in [6.45, 7) is 2.26. The molecule has 0 aromatic heterocycles. The molecule has 114 valence electrons. The van der Waals surface area contributed by atoms with Gasteiger partial charge in [0.15, 0.2) is 0 Å². The van der Waals surface area contributed by atoms with E-state index in [2.05, 4.69) is 6.92 Å². The van der Waals surface area contributed by atoms with Crippen molar-refractivity contribution in [2.24, 2.45) is 11.5 Å². The van der Waals surface area contributed by atoms with Gasteiger partial charge in [-0.25, -0.2) is 0 Å². The summed E-state index contributed by atoms with van der Waals surface area (Å²) in [5.74, 6) is 0. The molecule has 1 aromatic rings. The summed E-state index contributed by atoms with van der Waals surface area (Å²) >= 11 is 0. The van der Waals surface area contributed by atoms with Gasteiger partial charge < -0.3 is 11.5 Å². The van der Waals surface area contributed by atoms with E-state index in [4.69, 9.17) is 11.5 Å². The highest BCUT2D eigenvalue weighted by Crippen LogP contribution is 2.20. The molecule has 0 radical (unpaired) electrons. The Morgan fingerprint density at radius 3 is 1.80 bits per heavy atom. The summed E-state index contributed by atoms with van der Waals surface area (Å²) < 4.78 is 0. The van der Waals surface area contributed by atoms with Gasteiger partial charge in [-0.2, -0.15) is 0 Å². The van der Waals surface area contributed by atoms with Gasteiger partial charge in [0.2, 0.25) is 0 Å². The van der Waals surface area contributed by atoms with E-state index in [1.54, 1.807) is 0 Å². The van der Waals surface area contributed by atoms with Gasteiger partial charge in [-0.15, -0.1) is 0 Å². The van der Waals surface area contributed by atoms with Gasteiger partial charge in [-0.3, -0.25) is 0 Å². The van der Waals surface area contributed by atoms with Crippen LogP contribution in [0, 0.1) is 0 Å². The first-order valence-corrected chi connectivity index (χ1v) is 8.30. The van der Waals surface area contributed by atoms with Crippen molar-refractivity contribution in [1.29, 1.82) is 0 Å². The second kappa shape index (κ2) is 9.95. The summed E-state index contributed by atoms with van der Waals surface area (Å²) in [6.07, 6.45) is 12.8. The van der Waals surface area contributed by atoms with Crippen LogP contribution in [0.15, 0.2) is 30.3 Å². The summed E-state index contributed by atoms with van der Waals surface area (Å²) in [6, 6.07) is 10.0. The SMILES string of the molecule is CCCCCCCCCCCC(N)(N)c1ccccc1. The molecule has 1 aromatic carbocycles. The highest BCUT2D eigenvalue weighted by Gasteiger charge is 2.20.